The van der Waals surface area contributed by atoms with E-state index in [0.717, 1.165) is 18.2 Å². The minimum atomic E-state index is -0.287. The minimum Gasteiger partial charge on any atom is -0.462 e. The molecular weight excluding hydrogens is 230 g/mol. The van der Waals surface area contributed by atoms with Crippen LogP contribution in [0.2, 0.25) is 0 Å². The molecule has 5 heteroatoms. The lowest BCUT2D eigenvalue weighted by Crippen LogP contribution is -2.20. The predicted molar refractivity (Wildman–Crippen MR) is 68.2 cm³/mol. The lowest BCUT2D eigenvalue weighted by atomic mass is 10.2. The lowest BCUT2D eigenvalue weighted by molar-refractivity contribution is 0.0524. The van der Waals surface area contributed by atoms with Crippen molar-refractivity contribution in [2.24, 2.45) is 13.0 Å². The summed E-state index contributed by atoms with van der Waals surface area (Å²) in [7, 11) is 1.85. The van der Waals surface area contributed by atoms with Gasteiger partial charge in [0, 0.05) is 13.6 Å². The van der Waals surface area contributed by atoms with Crippen molar-refractivity contribution in [3.63, 3.8) is 0 Å². The molecule has 0 spiro atoms. The molecule has 100 valence electrons. The van der Waals surface area contributed by atoms with Crippen LogP contribution in [-0.4, -0.2) is 28.9 Å². The minimum absolute atomic E-state index is 0.287. The van der Waals surface area contributed by atoms with Crippen molar-refractivity contribution in [2.45, 2.75) is 32.7 Å². The van der Waals surface area contributed by atoms with Gasteiger partial charge in [-0.3, -0.25) is 4.68 Å². The second-order valence-electron chi connectivity index (χ2n) is 4.76. The van der Waals surface area contributed by atoms with Gasteiger partial charge in [0.1, 0.15) is 5.56 Å². The Kier molecular flexibility index (Phi) is 4.36. The lowest BCUT2D eigenvalue weighted by Gasteiger charge is -2.07. The zero-order valence-corrected chi connectivity index (χ0v) is 11.1. The normalized spacial score (nSPS) is 14.8. The maximum atomic E-state index is 11.7. The van der Waals surface area contributed by atoms with Crippen molar-refractivity contribution < 1.29 is 9.53 Å². The standard InChI is InChI=1S/C13H21N3O2/c1-3-18-13(17)11-8-15-16(2)12(11)9-14-7-6-10-4-5-10/h8,10,14H,3-7,9H2,1-2H3. The molecule has 1 N–H and O–H groups in total. The maximum Gasteiger partial charge on any atom is 0.341 e. The Morgan fingerprint density at radius 2 is 2.39 bits per heavy atom. The summed E-state index contributed by atoms with van der Waals surface area (Å²) in [5.41, 5.74) is 1.46. The van der Waals surface area contributed by atoms with Crippen molar-refractivity contribution >= 4 is 5.97 Å². The summed E-state index contributed by atoms with van der Waals surface area (Å²) in [6.07, 6.45) is 5.56. The molecule has 0 atom stereocenters. The molecular formula is C13H21N3O2. The summed E-state index contributed by atoms with van der Waals surface area (Å²) in [5.74, 6) is 0.637. The summed E-state index contributed by atoms with van der Waals surface area (Å²) < 4.78 is 6.75. The Balaban J connectivity index is 1.88. The van der Waals surface area contributed by atoms with Crippen LogP contribution in [0.15, 0.2) is 6.20 Å². The summed E-state index contributed by atoms with van der Waals surface area (Å²) in [6, 6.07) is 0. The largest absolute Gasteiger partial charge is 0.462 e. The van der Waals surface area contributed by atoms with Crippen molar-refractivity contribution in [2.75, 3.05) is 13.2 Å². The van der Waals surface area contributed by atoms with Crippen LogP contribution in [0.25, 0.3) is 0 Å². The molecule has 1 aromatic rings. The van der Waals surface area contributed by atoms with E-state index in [4.69, 9.17) is 4.74 Å². The van der Waals surface area contributed by atoms with E-state index in [1.807, 2.05) is 14.0 Å². The molecule has 0 saturated heterocycles. The Hall–Kier alpha value is -1.36. The molecule has 0 aromatic carbocycles. The van der Waals surface area contributed by atoms with Crippen molar-refractivity contribution in [3.8, 4) is 0 Å². The van der Waals surface area contributed by atoms with Crippen LogP contribution in [0.1, 0.15) is 42.2 Å². The van der Waals surface area contributed by atoms with Crippen LogP contribution in [0, 0.1) is 5.92 Å². The molecule has 1 aliphatic carbocycles. The molecule has 0 amide bonds. The van der Waals surface area contributed by atoms with E-state index in [1.165, 1.54) is 19.3 Å². The number of hydrogen-bond acceptors (Lipinski definition) is 4. The number of carbonyl (C=O) groups excluding carboxylic acids is 1. The van der Waals surface area contributed by atoms with Gasteiger partial charge < -0.3 is 10.1 Å². The Labute approximate surface area is 108 Å². The van der Waals surface area contributed by atoms with Crippen molar-refractivity contribution in [1.82, 2.24) is 15.1 Å². The van der Waals surface area contributed by atoms with Gasteiger partial charge in [-0.15, -0.1) is 0 Å². The van der Waals surface area contributed by atoms with Crippen LogP contribution < -0.4 is 5.32 Å². The van der Waals surface area contributed by atoms with Gasteiger partial charge in [-0.25, -0.2) is 4.79 Å². The van der Waals surface area contributed by atoms with E-state index >= 15 is 0 Å². The topological polar surface area (TPSA) is 56.1 Å². The zero-order valence-electron chi connectivity index (χ0n) is 11.1. The SMILES string of the molecule is CCOC(=O)c1cnn(C)c1CNCCC1CC1. The third-order valence-corrected chi connectivity index (χ3v) is 3.28. The molecule has 18 heavy (non-hydrogen) atoms. The van der Waals surface area contributed by atoms with E-state index in [-0.39, 0.29) is 5.97 Å². The maximum absolute atomic E-state index is 11.7. The molecule has 1 heterocycles. The molecule has 1 aromatic heterocycles. The molecule has 1 fully saturated rings. The monoisotopic (exact) mass is 251 g/mol. The first kappa shape index (κ1) is 13.1. The average Bonchev–Trinajstić information content (AvgIpc) is 3.09. The number of aryl methyl sites for hydroxylation is 1. The smallest absolute Gasteiger partial charge is 0.341 e. The summed E-state index contributed by atoms with van der Waals surface area (Å²) in [6.45, 7) is 3.86. The second kappa shape index (κ2) is 6.00. The van der Waals surface area contributed by atoms with Gasteiger partial charge in [0.25, 0.3) is 0 Å². The highest BCUT2D eigenvalue weighted by Crippen LogP contribution is 2.31. The van der Waals surface area contributed by atoms with Gasteiger partial charge in [0.05, 0.1) is 18.5 Å². The van der Waals surface area contributed by atoms with Gasteiger partial charge in [-0.1, -0.05) is 12.8 Å². The quantitative estimate of drug-likeness (QED) is 0.589. The molecule has 5 nitrogen and oxygen atoms in total. The Morgan fingerprint density at radius 3 is 3.06 bits per heavy atom. The van der Waals surface area contributed by atoms with E-state index in [2.05, 4.69) is 10.4 Å². The highest BCUT2D eigenvalue weighted by atomic mass is 16.5. The Bertz CT molecular complexity index is 410. The first-order chi connectivity index (χ1) is 8.72. The molecule has 1 aliphatic rings. The zero-order chi connectivity index (χ0) is 13.0. The van der Waals surface area contributed by atoms with Crippen molar-refractivity contribution in [1.29, 1.82) is 0 Å². The van der Waals surface area contributed by atoms with E-state index in [1.54, 1.807) is 10.9 Å². The number of nitrogens with zero attached hydrogens (tertiary/aromatic N) is 2. The highest BCUT2D eigenvalue weighted by Gasteiger charge is 2.20. The fraction of sp³-hybridized carbons (Fsp3) is 0.692. The molecule has 1 saturated carbocycles. The fourth-order valence-electron chi connectivity index (χ4n) is 1.97. The number of esters is 1. The molecule has 0 unspecified atom stereocenters. The summed E-state index contributed by atoms with van der Waals surface area (Å²) >= 11 is 0. The first-order valence-corrected chi connectivity index (χ1v) is 6.61. The average molecular weight is 251 g/mol. The summed E-state index contributed by atoms with van der Waals surface area (Å²) in [4.78, 5) is 11.7. The van der Waals surface area contributed by atoms with Crippen molar-refractivity contribution in [3.05, 3.63) is 17.5 Å². The first-order valence-electron chi connectivity index (χ1n) is 6.61. The predicted octanol–water partition coefficient (Wildman–Crippen LogP) is 1.49. The van der Waals surface area contributed by atoms with E-state index < -0.39 is 0 Å². The van der Waals surface area contributed by atoms with Gasteiger partial charge >= 0.3 is 5.97 Å². The number of aromatic nitrogens is 2. The third-order valence-electron chi connectivity index (χ3n) is 3.28. The van der Waals surface area contributed by atoms with Crippen LogP contribution in [0.3, 0.4) is 0 Å². The molecule has 2 rings (SSSR count). The number of carbonyl (C=O) groups is 1. The Morgan fingerprint density at radius 1 is 1.61 bits per heavy atom. The van der Waals surface area contributed by atoms with Gasteiger partial charge in [-0.2, -0.15) is 5.10 Å². The van der Waals surface area contributed by atoms with Crippen LogP contribution in [0.4, 0.5) is 0 Å². The van der Waals surface area contributed by atoms with Crippen LogP contribution >= 0.6 is 0 Å². The van der Waals surface area contributed by atoms with E-state index in [0.29, 0.717) is 18.7 Å². The number of nitrogens with one attached hydrogen (secondary N) is 1. The molecule has 0 radical (unpaired) electrons. The molecule has 0 bridgehead atoms. The summed E-state index contributed by atoms with van der Waals surface area (Å²) in [5, 5.41) is 7.49. The van der Waals surface area contributed by atoms with Gasteiger partial charge in [0.15, 0.2) is 0 Å². The van der Waals surface area contributed by atoms with Crippen LogP contribution in [-0.2, 0) is 18.3 Å². The number of rotatable bonds is 7. The number of ether oxygens (including phenoxy) is 1. The molecule has 0 aliphatic heterocycles. The second-order valence-corrected chi connectivity index (χ2v) is 4.76. The number of hydrogen-bond donors (Lipinski definition) is 1. The fourth-order valence-corrected chi connectivity index (χ4v) is 1.97. The van der Waals surface area contributed by atoms with E-state index in [9.17, 15) is 4.79 Å². The van der Waals surface area contributed by atoms with Crippen LogP contribution in [0.5, 0.6) is 0 Å². The highest BCUT2D eigenvalue weighted by molar-refractivity contribution is 5.90. The van der Waals surface area contributed by atoms with Gasteiger partial charge in [-0.05, 0) is 25.8 Å². The third kappa shape index (κ3) is 3.32. The van der Waals surface area contributed by atoms with Gasteiger partial charge in [0.2, 0.25) is 0 Å².